The lowest BCUT2D eigenvalue weighted by Gasteiger charge is -2.22. The smallest absolute Gasteiger partial charge is 0.196 e. The van der Waals surface area contributed by atoms with E-state index in [1.807, 2.05) is 65.9 Å². The molecule has 538 valence electrons. The molecule has 5 heterocycles. The number of benzene rings is 16. The number of hydrogen-bond acceptors (Lipinski definition) is 4. The molecule has 0 radical (unpaired) electrons. The molecule has 22 rings (SSSR count). The van der Waals surface area contributed by atoms with Crippen molar-refractivity contribution in [1.82, 2.24) is 18.3 Å². The standard InChI is InChI=1S/C38H22N4.C35H23N3.C32H17N3S/c1-40-32-17-9-11-25(24-39)37(32)31-16-10-20-35-38(31)30-15-6-8-19-34(30)42(35)27-21-22-29-28-14-5-7-18-33(28)41(36(29)23-27)26-12-3-2-4-13-26;1-35(2)28-14-6-4-11-24(28)25-19-18-23(20-29(25)35)38-31-16-7-5-12-26(31)34-27(13-9-17-32(34)38)33-22(21-36)10-8-15-30(33)37-3;1-34-26-12-6-8-20(19-33)31(26)25-11-7-14-28-32(25)24-10-2-4-13-27(24)35(28)21-16-17-23-22-9-3-5-15-29(22)36-30(23)18-21/h2-23H;4-20H,1-2H3;2-18H. The van der Waals surface area contributed by atoms with Gasteiger partial charge in [0.2, 0.25) is 0 Å². The number of rotatable bonds is 7. The SMILES string of the molecule is [C-]#[N+]c1cccc(C#N)c1-c1cccc2c1c1ccccc1n2-c1ccc2c(c1)C(C)(C)c1ccccc1-2.[C-]#[N+]c1cccc(C#N)c1-c1cccc2c1c1ccccc1n2-c1ccc2c(c1)sc1ccccc12.[C-]#[N+]c1cccc(C#N)c1-c1cccc2c1c1ccccc1n2-c1ccc2c3ccccc3n(-c3ccccc3)c2c1. The third-order valence-electron chi connectivity index (χ3n) is 23.1. The number of fused-ring (bicyclic) bond motifs is 18. The van der Waals surface area contributed by atoms with Gasteiger partial charge in [0.25, 0.3) is 0 Å². The molecule has 10 nitrogen and oxygen atoms in total. The minimum atomic E-state index is -0.0951. The van der Waals surface area contributed by atoms with Crippen LogP contribution >= 0.6 is 11.3 Å². The van der Waals surface area contributed by atoms with Crippen LogP contribution < -0.4 is 0 Å². The highest BCUT2D eigenvalue weighted by Gasteiger charge is 2.36. The largest absolute Gasteiger partial charge is 0.309 e. The summed E-state index contributed by atoms with van der Waals surface area (Å²) in [7, 11) is 0. The summed E-state index contributed by atoms with van der Waals surface area (Å²) in [4.78, 5) is 11.3. The van der Waals surface area contributed by atoms with Crippen LogP contribution in [0, 0.1) is 53.7 Å². The van der Waals surface area contributed by atoms with E-state index in [-0.39, 0.29) is 5.41 Å². The van der Waals surface area contributed by atoms with Gasteiger partial charge >= 0.3 is 0 Å². The van der Waals surface area contributed by atoms with E-state index < -0.39 is 0 Å². The van der Waals surface area contributed by atoms with Gasteiger partial charge in [0.1, 0.15) is 0 Å². The summed E-state index contributed by atoms with van der Waals surface area (Å²) in [5, 5.41) is 41.2. The van der Waals surface area contributed by atoms with Crippen LogP contribution in [-0.4, -0.2) is 18.3 Å². The maximum Gasteiger partial charge on any atom is 0.196 e. The lowest BCUT2D eigenvalue weighted by molar-refractivity contribution is 0.660. The lowest BCUT2D eigenvalue weighted by atomic mass is 9.82. The predicted molar refractivity (Wildman–Crippen MR) is 476 cm³/mol. The first-order valence-electron chi connectivity index (χ1n) is 38.2. The topological polar surface area (TPSA) is 104 Å². The Hall–Kier alpha value is -16.1. The second kappa shape index (κ2) is 27.7. The van der Waals surface area contributed by atoms with Gasteiger partial charge in [-0.25, -0.2) is 14.5 Å². The first-order valence-corrected chi connectivity index (χ1v) is 39.0. The summed E-state index contributed by atoms with van der Waals surface area (Å²) in [5.74, 6) is 0. The zero-order chi connectivity index (χ0) is 78.5. The van der Waals surface area contributed by atoms with Gasteiger partial charge in [0.05, 0.1) is 82.1 Å². The molecule has 116 heavy (non-hydrogen) atoms. The number of thiophene rings is 1. The van der Waals surface area contributed by atoms with Crippen molar-refractivity contribution in [3.05, 3.63) is 402 Å². The molecule has 0 unspecified atom stereocenters. The molecule has 1 aliphatic rings. The summed E-state index contributed by atoms with van der Waals surface area (Å²) >= 11 is 1.81. The van der Waals surface area contributed by atoms with E-state index in [4.69, 9.17) is 19.7 Å². The van der Waals surface area contributed by atoms with Crippen molar-refractivity contribution in [2.75, 3.05) is 0 Å². The van der Waals surface area contributed by atoms with Gasteiger partial charge in [-0.1, -0.05) is 238 Å². The highest BCUT2D eigenvalue weighted by molar-refractivity contribution is 7.25. The van der Waals surface area contributed by atoms with Crippen molar-refractivity contribution in [2.45, 2.75) is 19.3 Å². The molecule has 0 spiro atoms. The first kappa shape index (κ1) is 69.1. The molecule has 1 aliphatic carbocycles. The summed E-state index contributed by atoms with van der Waals surface area (Å²) in [6.45, 7) is 28.0. The molecule has 0 amide bonds. The van der Waals surface area contributed by atoms with Crippen molar-refractivity contribution in [2.24, 2.45) is 0 Å². The molecule has 21 aromatic rings. The first-order chi connectivity index (χ1) is 57.1. The van der Waals surface area contributed by atoms with Crippen molar-refractivity contribution in [3.8, 4) is 85.5 Å². The van der Waals surface area contributed by atoms with Gasteiger partial charge in [0, 0.05) is 125 Å². The van der Waals surface area contributed by atoms with E-state index in [1.54, 1.807) is 54.6 Å². The Bertz CT molecular complexity index is 7930. The van der Waals surface area contributed by atoms with Crippen LogP contribution in [0.5, 0.6) is 0 Å². The molecule has 0 fully saturated rings. The molecule has 16 aromatic carbocycles. The molecule has 0 bridgehead atoms. The molecule has 5 aromatic heterocycles. The van der Waals surface area contributed by atoms with Crippen LogP contribution in [-0.2, 0) is 5.41 Å². The van der Waals surface area contributed by atoms with Crippen LogP contribution in [0.1, 0.15) is 41.7 Å². The molecule has 11 heteroatoms. The van der Waals surface area contributed by atoms with Gasteiger partial charge < -0.3 is 18.3 Å². The zero-order valence-electron chi connectivity index (χ0n) is 62.7. The van der Waals surface area contributed by atoms with Crippen LogP contribution in [0.4, 0.5) is 17.1 Å². The van der Waals surface area contributed by atoms with E-state index in [0.29, 0.717) is 50.4 Å². The quantitative estimate of drug-likeness (QED) is 0.148. The lowest BCUT2D eigenvalue weighted by Crippen LogP contribution is -2.15. The van der Waals surface area contributed by atoms with Gasteiger partial charge in [0.15, 0.2) is 17.1 Å². The normalized spacial score (nSPS) is 11.9. The van der Waals surface area contributed by atoms with E-state index in [0.717, 1.165) is 110 Å². The second-order valence-corrected chi connectivity index (χ2v) is 30.6. The second-order valence-electron chi connectivity index (χ2n) is 29.5. The maximum atomic E-state index is 9.99. The Morgan fingerprint density at radius 2 is 0.612 bits per heavy atom. The Kier molecular flexibility index (Phi) is 16.5. The monoisotopic (exact) mass is 1490 g/mol. The summed E-state index contributed by atoms with van der Waals surface area (Å²) < 4.78 is 11.8. The fourth-order valence-electron chi connectivity index (χ4n) is 18.2. The fraction of sp³-hybridized carbons (Fsp3) is 0.0286. The van der Waals surface area contributed by atoms with Gasteiger partial charge in [-0.2, -0.15) is 15.8 Å². The number of nitrogens with zero attached hydrogens (tertiary/aromatic N) is 10. The summed E-state index contributed by atoms with van der Waals surface area (Å²) in [5.41, 5.74) is 26.0. The minimum absolute atomic E-state index is 0.0951. The van der Waals surface area contributed by atoms with Gasteiger partial charge in [-0.3, -0.25) is 0 Å². The Morgan fingerprint density at radius 1 is 0.267 bits per heavy atom. The zero-order valence-corrected chi connectivity index (χ0v) is 63.5. The van der Waals surface area contributed by atoms with E-state index in [2.05, 4.69) is 295 Å². The van der Waals surface area contributed by atoms with Crippen LogP contribution in [0.15, 0.2) is 340 Å². The van der Waals surface area contributed by atoms with E-state index in [9.17, 15) is 15.8 Å². The molecule has 0 atom stereocenters. The molecule has 0 aliphatic heterocycles. The Balaban J connectivity index is 0.000000113. The highest BCUT2D eigenvalue weighted by atomic mass is 32.1. The summed E-state index contributed by atoms with van der Waals surface area (Å²) in [6, 6.07) is 123. The molecule has 0 saturated carbocycles. The third kappa shape index (κ3) is 10.7. The molecule has 0 saturated heterocycles. The number of nitriles is 3. The number of hydrogen-bond donors (Lipinski definition) is 0. The van der Waals surface area contributed by atoms with Crippen LogP contribution in [0.3, 0.4) is 0 Å². The minimum Gasteiger partial charge on any atom is -0.309 e. The summed E-state index contributed by atoms with van der Waals surface area (Å²) in [6.07, 6.45) is 0. The van der Waals surface area contributed by atoms with Crippen molar-refractivity contribution in [3.63, 3.8) is 0 Å². The highest BCUT2D eigenvalue weighted by Crippen LogP contribution is 2.52. The Labute approximate surface area is 671 Å². The van der Waals surface area contributed by atoms with E-state index >= 15 is 0 Å². The maximum absolute atomic E-state index is 9.99. The van der Waals surface area contributed by atoms with E-state index in [1.165, 1.54) is 58.7 Å². The third-order valence-corrected chi connectivity index (χ3v) is 24.3. The van der Waals surface area contributed by atoms with Crippen molar-refractivity contribution >= 4 is 136 Å². The number of para-hydroxylation sites is 5. The van der Waals surface area contributed by atoms with Crippen molar-refractivity contribution in [1.29, 1.82) is 15.8 Å². The average Bonchev–Trinajstić information content (AvgIpc) is 1.57. The van der Waals surface area contributed by atoms with Crippen molar-refractivity contribution < 1.29 is 0 Å². The fourth-order valence-corrected chi connectivity index (χ4v) is 19.3. The molecule has 0 N–H and O–H groups in total. The molecular formula is C105H62N10S. The Morgan fingerprint density at radius 3 is 1.10 bits per heavy atom. The average molecular weight is 1500 g/mol. The van der Waals surface area contributed by atoms with Crippen LogP contribution in [0.2, 0.25) is 0 Å². The molecular weight excluding hydrogens is 1430 g/mol. The predicted octanol–water partition coefficient (Wildman–Crippen LogP) is 28.4. The number of aromatic nitrogens is 4. The van der Waals surface area contributed by atoms with Gasteiger partial charge in [-0.05, 0) is 154 Å². The van der Waals surface area contributed by atoms with Gasteiger partial charge in [-0.15, -0.1) is 11.3 Å². The van der Waals surface area contributed by atoms with Crippen LogP contribution in [0.25, 0.3) is 189 Å².